The van der Waals surface area contributed by atoms with E-state index in [0.29, 0.717) is 28.2 Å². The second-order valence-electron chi connectivity index (χ2n) is 7.21. The summed E-state index contributed by atoms with van der Waals surface area (Å²) in [6.45, 7) is 2.19. The molecule has 5 rings (SSSR count). The summed E-state index contributed by atoms with van der Waals surface area (Å²) in [4.78, 5) is 13.2. The number of hydrogen-bond acceptors (Lipinski definition) is 7. The molecule has 1 aliphatic rings. The predicted octanol–water partition coefficient (Wildman–Crippen LogP) is 5.25. The quantitative estimate of drug-likeness (QED) is 0.406. The molecule has 1 N–H and O–H groups in total. The van der Waals surface area contributed by atoms with Gasteiger partial charge in [0, 0.05) is 11.3 Å². The molecule has 3 aromatic carbocycles. The maximum atomic E-state index is 13.2. The Balaban J connectivity index is 1.38. The number of anilines is 1. The molecule has 0 unspecified atom stereocenters. The molecule has 0 bridgehead atoms. The van der Waals surface area contributed by atoms with E-state index in [1.165, 1.54) is 11.8 Å². The van der Waals surface area contributed by atoms with Gasteiger partial charge >= 0.3 is 0 Å². The molecule has 0 saturated heterocycles. The first-order chi connectivity index (χ1) is 15.7. The molecule has 0 aliphatic carbocycles. The topological polar surface area (TPSA) is 86.5 Å². The van der Waals surface area contributed by atoms with Gasteiger partial charge in [0.1, 0.15) is 5.25 Å². The van der Waals surface area contributed by atoms with Crippen LogP contribution in [0.15, 0.2) is 82.4 Å². The summed E-state index contributed by atoms with van der Waals surface area (Å²) in [7, 11) is 0. The number of carbonyl (C=O) groups is 1. The summed E-state index contributed by atoms with van der Waals surface area (Å²) in [5.74, 6) is 1.48. The van der Waals surface area contributed by atoms with Crippen LogP contribution in [0.5, 0.6) is 11.5 Å². The number of aryl methyl sites for hydroxylation is 1. The van der Waals surface area contributed by atoms with Gasteiger partial charge in [-0.25, -0.2) is 0 Å². The van der Waals surface area contributed by atoms with Crippen molar-refractivity contribution >= 4 is 23.4 Å². The van der Waals surface area contributed by atoms with E-state index in [-0.39, 0.29) is 12.7 Å². The van der Waals surface area contributed by atoms with Crippen molar-refractivity contribution in [1.29, 1.82) is 0 Å². The SMILES string of the molecule is Cc1ccc(NC(=O)[C@H](Sc2nnc(-c3ccc4c(c3)OCO4)o2)c2ccccc2)cc1. The van der Waals surface area contributed by atoms with E-state index >= 15 is 0 Å². The zero-order valence-corrected chi connectivity index (χ0v) is 18.0. The molecular weight excluding hydrogens is 426 g/mol. The van der Waals surface area contributed by atoms with Gasteiger partial charge in [-0.3, -0.25) is 4.79 Å². The van der Waals surface area contributed by atoms with Crippen LogP contribution in [-0.2, 0) is 4.79 Å². The van der Waals surface area contributed by atoms with Crippen LogP contribution < -0.4 is 14.8 Å². The van der Waals surface area contributed by atoms with Gasteiger partial charge < -0.3 is 19.2 Å². The van der Waals surface area contributed by atoms with E-state index in [9.17, 15) is 4.79 Å². The van der Waals surface area contributed by atoms with Gasteiger partial charge in [0.25, 0.3) is 5.22 Å². The van der Waals surface area contributed by atoms with Crippen molar-refractivity contribution in [3.05, 3.63) is 83.9 Å². The Kier molecular flexibility index (Phi) is 5.51. The van der Waals surface area contributed by atoms with Crippen LogP contribution in [0.3, 0.4) is 0 Å². The smallest absolute Gasteiger partial charge is 0.277 e. The highest BCUT2D eigenvalue weighted by molar-refractivity contribution is 8.00. The number of amides is 1. The van der Waals surface area contributed by atoms with E-state index in [1.54, 1.807) is 12.1 Å². The number of hydrogen-bond donors (Lipinski definition) is 1. The molecule has 32 heavy (non-hydrogen) atoms. The van der Waals surface area contributed by atoms with E-state index in [4.69, 9.17) is 13.9 Å². The highest BCUT2D eigenvalue weighted by Gasteiger charge is 2.25. The van der Waals surface area contributed by atoms with Gasteiger partial charge in [0.05, 0.1) is 0 Å². The maximum Gasteiger partial charge on any atom is 0.277 e. The van der Waals surface area contributed by atoms with Crippen LogP contribution in [-0.4, -0.2) is 22.9 Å². The zero-order valence-electron chi connectivity index (χ0n) is 17.1. The third-order valence-electron chi connectivity index (χ3n) is 4.90. The minimum absolute atomic E-state index is 0.173. The standard InChI is InChI=1S/C24H19N3O4S/c1-15-7-10-18(11-8-15)25-22(28)21(16-5-3-2-4-6-16)32-24-27-26-23(31-24)17-9-12-19-20(13-17)30-14-29-19/h2-13,21H,14H2,1H3,(H,25,28)/t21-/m1/s1. The van der Waals surface area contributed by atoms with Crippen molar-refractivity contribution in [2.24, 2.45) is 0 Å². The fourth-order valence-corrected chi connectivity index (χ4v) is 4.13. The Morgan fingerprint density at radius 1 is 0.969 bits per heavy atom. The second-order valence-corrected chi connectivity index (χ2v) is 8.26. The van der Waals surface area contributed by atoms with Gasteiger partial charge in [0.2, 0.25) is 18.6 Å². The van der Waals surface area contributed by atoms with E-state index in [1.807, 2.05) is 67.6 Å². The molecule has 0 radical (unpaired) electrons. The molecule has 8 heteroatoms. The second kappa shape index (κ2) is 8.76. The molecule has 7 nitrogen and oxygen atoms in total. The van der Waals surface area contributed by atoms with Crippen molar-refractivity contribution in [2.75, 3.05) is 12.1 Å². The van der Waals surface area contributed by atoms with Crippen molar-refractivity contribution in [1.82, 2.24) is 10.2 Å². The third kappa shape index (κ3) is 4.31. The Hall–Kier alpha value is -3.78. The molecule has 1 atom stereocenters. The average molecular weight is 446 g/mol. The van der Waals surface area contributed by atoms with Crippen LogP contribution >= 0.6 is 11.8 Å². The van der Waals surface area contributed by atoms with Crippen molar-refractivity contribution in [3.8, 4) is 23.0 Å². The van der Waals surface area contributed by atoms with Gasteiger partial charge in [-0.1, -0.05) is 48.0 Å². The minimum atomic E-state index is -0.567. The summed E-state index contributed by atoms with van der Waals surface area (Å²) in [5, 5.41) is 11.0. The highest BCUT2D eigenvalue weighted by atomic mass is 32.2. The number of fused-ring (bicyclic) bond motifs is 1. The zero-order chi connectivity index (χ0) is 21.9. The number of benzene rings is 3. The molecule has 4 aromatic rings. The van der Waals surface area contributed by atoms with E-state index in [2.05, 4.69) is 15.5 Å². The van der Waals surface area contributed by atoms with Crippen LogP contribution in [0.1, 0.15) is 16.4 Å². The molecular formula is C24H19N3O4S. The van der Waals surface area contributed by atoms with Crippen LogP contribution in [0.25, 0.3) is 11.5 Å². The number of rotatable bonds is 6. The Morgan fingerprint density at radius 3 is 2.56 bits per heavy atom. The number of carbonyl (C=O) groups excluding carboxylic acids is 1. The Morgan fingerprint density at radius 2 is 1.75 bits per heavy atom. The Bertz CT molecular complexity index is 1240. The van der Waals surface area contributed by atoms with Crippen molar-refractivity contribution in [2.45, 2.75) is 17.4 Å². The minimum Gasteiger partial charge on any atom is -0.454 e. The number of thioether (sulfide) groups is 1. The molecule has 0 saturated carbocycles. The molecule has 2 heterocycles. The van der Waals surface area contributed by atoms with E-state index in [0.717, 1.165) is 16.8 Å². The third-order valence-corrected chi connectivity index (χ3v) is 5.99. The first kappa shape index (κ1) is 20.1. The normalized spacial score (nSPS) is 13.0. The fraction of sp³-hybridized carbons (Fsp3) is 0.125. The largest absolute Gasteiger partial charge is 0.454 e. The van der Waals surface area contributed by atoms with Gasteiger partial charge in [-0.05, 0) is 54.6 Å². The van der Waals surface area contributed by atoms with Gasteiger partial charge in [-0.2, -0.15) is 0 Å². The molecule has 1 amide bonds. The predicted molar refractivity (Wildman–Crippen MR) is 121 cm³/mol. The fourth-order valence-electron chi connectivity index (χ4n) is 3.25. The summed E-state index contributed by atoms with van der Waals surface area (Å²) < 4.78 is 16.6. The lowest BCUT2D eigenvalue weighted by Gasteiger charge is -2.15. The van der Waals surface area contributed by atoms with Crippen molar-refractivity contribution in [3.63, 3.8) is 0 Å². The molecule has 160 valence electrons. The summed E-state index contributed by atoms with van der Waals surface area (Å²) in [6.07, 6.45) is 0. The average Bonchev–Trinajstić information content (AvgIpc) is 3.48. The van der Waals surface area contributed by atoms with Crippen molar-refractivity contribution < 1.29 is 18.7 Å². The maximum absolute atomic E-state index is 13.2. The first-order valence-corrected chi connectivity index (χ1v) is 10.9. The highest BCUT2D eigenvalue weighted by Crippen LogP contribution is 2.39. The summed E-state index contributed by atoms with van der Waals surface area (Å²) >= 11 is 1.21. The molecule has 1 aromatic heterocycles. The summed E-state index contributed by atoms with van der Waals surface area (Å²) in [6, 6.07) is 22.6. The molecule has 0 fully saturated rings. The lowest BCUT2D eigenvalue weighted by molar-refractivity contribution is -0.115. The van der Waals surface area contributed by atoms with E-state index < -0.39 is 5.25 Å². The Labute approximate surface area is 188 Å². The lowest BCUT2D eigenvalue weighted by Crippen LogP contribution is -2.19. The van der Waals surface area contributed by atoms with Crippen LogP contribution in [0, 0.1) is 6.92 Å². The number of nitrogens with zero attached hydrogens (tertiary/aromatic N) is 2. The number of nitrogens with one attached hydrogen (secondary N) is 1. The lowest BCUT2D eigenvalue weighted by atomic mass is 10.1. The molecule has 1 aliphatic heterocycles. The first-order valence-electron chi connectivity index (χ1n) is 9.98. The van der Waals surface area contributed by atoms with Crippen LogP contribution in [0.4, 0.5) is 5.69 Å². The number of ether oxygens (including phenoxy) is 2. The monoisotopic (exact) mass is 445 g/mol. The van der Waals surface area contributed by atoms with Gasteiger partial charge in [0.15, 0.2) is 11.5 Å². The molecule has 0 spiro atoms. The van der Waals surface area contributed by atoms with Gasteiger partial charge in [-0.15, -0.1) is 10.2 Å². The summed E-state index contributed by atoms with van der Waals surface area (Å²) in [5.41, 5.74) is 3.41. The number of aromatic nitrogens is 2. The van der Waals surface area contributed by atoms with Crippen LogP contribution in [0.2, 0.25) is 0 Å².